The number of thiophene rings is 1. The van der Waals surface area contributed by atoms with Gasteiger partial charge in [-0.15, -0.1) is 11.3 Å². The molecule has 0 amide bonds. The molecule has 0 bridgehead atoms. The van der Waals surface area contributed by atoms with Gasteiger partial charge in [-0.3, -0.25) is 0 Å². The van der Waals surface area contributed by atoms with Gasteiger partial charge in [0.1, 0.15) is 0 Å². The predicted octanol–water partition coefficient (Wildman–Crippen LogP) is 2.64. The molecule has 1 aromatic heterocycles. The summed E-state index contributed by atoms with van der Waals surface area (Å²) in [7, 11) is -1.87. The first-order chi connectivity index (χ1) is 9.84. The number of rotatable bonds is 5. The van der Waals surface area contributed by atoms with Crippen LogP contribution in [0.4, 0.5) is 0 Å². The number of hydrogen-bond acceptors (Lipinski definition) is 4. The highest BCUT2D eigenvalue weighted by molar-refractivity contribution is 7.89. The minimum atomic E-state index is -3.48. The third-order valence-electron chi connectivity index (χ3n) is 3.30. The Morgan fingerprint density at radius 3 is 2.52 bits per heavy atom. The molecule has 114 valence electrons. The van der Waals surface area contributed by atoms with E-state index in [1.54, 1.807) is 13.1 Å². The number of sulfonamides is 1. The maximum absolute atomic E-state index is 12.7. The Hall–Kier alpha value is -1.21. The fourth-order valence-corrected chi connectivity index (χ4v) is 4.84. The molecule has 0 saturated carbocycles. The maximum Gasteiger partial charge on any atom is 0.244 e. The number of benzene rings is 1. The third kappa shape index (κ3) is 3.52. The predicted molar refractivity (Wildman–Crippen MR) is 86.8 cm³/mol. The fourth-order valence-electron chi connectivity index (χ4n) is 2.20. The zero-order valence-corrected chi connectivity index (χ0v) is 14.1. The summed E-state index contributed by atoms with van der Waals surface area (Å²) in [6.45, 7) is 4.53. The van der Waals surface area contributed by atoms with Crippen molar-refractivity contribution in [3.8, 4) is 0 Å². The molecule has 1 heterocycles. The lowest BCUT2D eigenvalue weighted by Gasteiger charge is -2.17. The molecule has 1 aromatic carbocycles. The van der Waals surface area contributed by atoms with Gasteiger partial charge in [-0.25, -0.2) is 8.42 Å². The Labute approximate surface area is 130 Å². The van der Waals surface area contributed by atoms with Gasteiger partial charge < -0.3 is 5.73 Å². The average molecular weight is 324 g/mol. The van der Waals surface area contributed by atoms with Crippen LogP contribution in [0.5, 0.6) is 0 Å². The van der Waals surface area contributed by atoms with E-state index < -0.39 is 10.0 Å². The van der Waals surface area contributed by atoms with Gasteiger partial charge in [0.15, 0.2) is 0 Å². The molecule has 0 atom stereocenters. The molecule has 0 unspecified atom stereocenters. The van der Waals surface area contributed by atoms with Gasteiger partial charge >= 0.3 is 0 Å². The Morgan fingerprint density at radius 2 is 1.95 bits per heavy atom. The monoisotopic (exact) mass is 324 g/mol. The SMILES string of the molecule is Cc1cccc(CN(C)S(=O)(=O)c2cc(CN)sc2C)c1. The van der Waals surface area contributed by atoms with Crippen LogP contribution in [0, 0.1) is 13.8 Å². The van der Waals surface area contributed by atoms with E-state index in [0.717, 1.165) is 20.9 Å². The largest absolute Gasteiger partial charge is 0.326 e. The van der Waals surface area contributed by atoms with E-state index in [2.05, 4.69) is 0 Å². The zero-order chi connectivity index (χ0) is 15.6. The van der Waals surface area contributed by atoms with Gasteiger partial charge in [0.25, 0.3) is 0 Å². The molecular weight excluding hydrogens is 304 g/mol. The van der Waals surface area contributed by atoms with E-state index in [0.29, 0.717) is 18.0 Å². The lowest BCUT2D eigenvalue weighted by molar-refractivity contribution is 0.466. The van der Waals surface area contributed by atoms with Crippen molar-refractivity contribution in [3.05, 3.63) is 51.2 Å². The smallest absolute Gasteiger partial charge is 0.244 e. The summed E-state index contributed by atoms with van der Waals surface area (Å²) < 4.78 is 26.7. The van der Waals surface area contributed by atoms with E-state index >= 15 is 0 Å². The lowest BCUT2D eigenvalue weighted by Crippen LogP contribution is -2.26. The van der Waals surface area contributed by atoms with Gasteiger partial charge in [0.2, 0.25) is 10.0 Å². The Balaban J connectivity index is 2.28. The lowest BCUT2D eigenvalue weighted by atomic mass is 10.1. The molecule has 0 radical (unpaired) electrons. The molecule has 21 heavy (non-hydrogen) atoms. The maximum atomic E-state index is 12.7. The first-order valence-electron chi connectivity index (χ1n) is 6.66. The number of nitrogens with zero attached hydrogens (tertiary/aromatic N) is 1. The second-order valence-corrected chi connectivity index (χ2v) is 8.44. The van der Waals surface area contributed by atoms with E-state index in [4.69, 9.17) is 5.73 Å². The van der Waals surface area contributed by atoms with Crippen LogP contribution < -0.4 is 5.73 Å². The third-order valence-corrected chi connectivity index (χ3v) is 6.43. The molecule has 2 N–H and O–H groups in total. The molecule has 6 heteroatoms. The van der Waals surface area contributed by atoms with Crippen molar-refractivity contribution in [1.82, 2.24) is 4.31 Å². The summed E-state index contributed by atoms with van der Waals surface area (Å²) in [4.78, 5) is 2.03. The second kappa shape index (κ2) is 6.27. The molecular formula is C15H20N2O2S2. The highest BCUT2D eigenvalue weighted by Gasteiger charge is 2.24. The number of nitrogens with two attached hydrogens (primary N) is 1. The number of hydrogen-bond donors (Lipinski definition) is 1. The van der Waals surface area contributed by atoms with Crippen molar-refractivity contribution >= 4 is 21.4 Å². The summed E-state index contributed by atoms with van der Waals surface area (Å²) in [5.41, 5.74) is 7.69. The Kier molecular flexibility index (Phi) is 4.83. The summed E-state index contributed by atoms with van der Waals surface area (Å²) in [6, 6.07) is 9.55. The van der Waals surface area contributed by atoms with Crippen LogP contribution >= 0.6 is 11.3 Å². The van der Waals surface area contributed by atoms with Crippen LogP contribution in [0.2, 0.25) is 0 Å². The van der Waals surface area contributed by atoms with Gasteiger partial charge in [-0.2, -0.15) is 4.31 Å². The summed E-state index contributed by atoms with van der Waals surface area (Å²) in [5.74, 6) is 0. The van der Waals surface area contributed by atoms with Crippen molar-refractivity contribution in [3.63, 3.8) is 0 Å². The van der Waals surface area contributed by atoms with Gasteiger partial charge in [0, 0.05) is 29.9 Å². The van der Waals surface area contributed by atoms with Crippen molar-refractivity contribution in [1.29, 1.82) is 0 Å². The average Bonchev–Trinajstić information content (AvgIpc) is 2.80. The van der Waals surface area contributed by atoms with E-state index in [-0.39, 0.29) is 0 Å². The Morgan fingerprint density at radius 1 is 1.24 bits per heavy atom. The molecule has 0 aliphatic carbocycles. The summed E-state index contributed by atoms with van der Waals surface area (Å²) in [5, 5.41) is 0. The van der Waals surface area contributed by atoms with Crippen molar-refractivity contribution in [2.75, 3.05) is 7.05 Å². The molecule has 2 rings (SSSR count). The van der Waals surface area contributed by atoms with E-state index in [1.807, 2.05) is 38.1 Å². The highest BCUT2D eigenvalue weighted by atomic mass is 32.2. The van der Waals surface area contributed by atoms with Crippen molar-refractivity contribution < 1.29 is 8.42 Å². The minimum absolute atomic E-state index is 0.358. The second-order valence-electron chi connectivity index (χ2n) is 5.09. The topological polar surface area (TPSA) is 63.4 Å². The van der Waals surface area contributed by atoms with E-state index in [9.17, 15) is 8.42 Å². The molecule has 0 spiro atoms. The van der Waals surface area contributed by atoms with Gasteiger partial charge in [-0.1, -0.05) is 29.8 Å². The molecule has 0 saturated heterocycles. The first kappa shape index (κ1) is 16.2. The van der Waals surface area contributed by atoms with Crippen LogP contribution in [-0.2, 0) is 23.1 Å². The quantitative estimate of drug-likeness (QED) is 0.919. The van der Waals surface area contributed by atoms with Crippen LogP contribution in [-0.4, -0.2) is 19.8 Å². The first-order valence-corrected chi connectivity index (χ1v) is 8.91. The Bertz CT molecular complexity index is 736. The van der Waals surface area contributed by atoms with Gasteiger partial charge in [-0.05, 0) is 25.5 Å². The van der Waals surface area contributed by atoms with Crippen LogP contribution in [0.3, 0.4) is 0 Å². The molecule has 4 nitrogen and oxygen atoms in total. The van der Waals surface area contributed by atoms with Crippen LogP contribution in [0.25, 0.3) is 0 Å². The zero-order valence-electron chi connectivity index (χ0n) is 12.5. The molecule has 0 aliphatic rings. The normalized spacial score (nSPS) is 12.0. The van der Waals surface area contributed by atoms with Gasteiger partial charge in [0.05, 0.1) is 4.90 Å². The van der Waals surface area contributed by atoms with Crippen molar-refractivity contribution in [2.45, 2.75) is 31.8 Å². The molecule has 0 fully saturated rings. The minimum Gasteiger partial charge on any atom is -0.326 e. The standard InChI is InChI=1S/C15H20N2O2S2/c1-11-5-4-6-13(7-11)10-17(3)21(18,19)15-8-14(9-16)20-12(15)2/h4-8H,9-10,16H2,1-3H3. The summed E-state index contributed by atoms with van der Waals surface area (Å²) >= 11 is 1.44. The highest BCUT2D eigenvalue weighted by Crippen LogP contribution is 2.28. The fraction of sp³-hybridized carbons (Fsp3) is 0.333. The number of aryl methyl sites for hydroxylation is 2. The van der Waals surface area contributed by atoms with Crippen LogP contribution in [0.1, 0.15) is 20.9 Å². The molecule has 2 aromatic rings. The van der Waals surface area contributed by atoms with Crippen molar-refractivity contribution in [2.24, 2.45) is 5.73 Å². The summed E-state index contributed by atoms with van der Waals surface area (Å²) in [6.07, 6.45) is 0. The van der Waals surface area contributed by atoms with Crippen LogP contribution in [0.15, 0.2) is 35.2 Å². The molecule has 0 aliphatic heterocycles. The van der Waals surface area contributed by atoms with E-state index in [1.165, 1.54) is 15.6 Å².